The molecule has 0 radical (unpaired) electrons. The van der Waals surface area contributed by atoms with Crippen molar-refractivity contribution >= 4 is 27.6 Å². The van der Waals surface area contributed by atoms with Crippen molar-refractivity contribution in [3.8, 4) is 0 Å². The van der Waals surface area contributed by atoms with Crippen LogP contribution >= 0.6 is 11.6 Å². The number of benzene rings is 1. The van der Waals surface area contributed by atoms with Crippen molar-refractivity contribution < 1.29 is 22.7 Å². The van der Waals surface area contributed by atoms with E-state index in [4.69, 9.17) is 16.7 Å². The maximum absolute atomic E-state index is 13.6. The lowest BCUT2D eigenvalue weighted by Crippen LogP contribution is -2.34. The summed E-state index contributed by atoms with van der Waals surface area (Å²) >= 11 is 5.55. The second-order valence-corrected chi connectivity index (χ2v) is 6.55. The fourth-order valence-electron chi connectivity index (χ4n) is 1.41. The number of halogens is 2. The predicted octanol–water partition coefficient (Wildman–Crippen LogP) is 1.82. The summed E-state index contributed by atoms with van der Waals surface area (Å²) in [7, 11) is -2.88. The highest BCUT2D eigenvalue weighted by molar-refractivity contribution is 7.89. The Kier molecular flexibility index (Phi) is 4.89. The smallest absolute Gasteiger partial charge is 0.307 e. The van der Waals surface area contributed by atoms with Crippen LogP contribution in [-0.4, -0.2) is 37.4 Å². The highest BCUT2D eigenvalue weighted by atomic mass is 35.5. The van der Waals surface area contributed by atoms with Gasteiger partial charge in [0.15, 0.2) is 0 Å². The first kappa shape index (κ1) is 15.9. The van der Waals surface area contributed by atoms with Crippen molar-refractivity contribution in [2.45, 2.75) is 11.8 Å². The molecular weight excluding hydrogens is 297 g/mol. The third-order valence-electron chi connectivity index (χ3n) is 2.53. The highest BCUT2D eigenvalue weighted by Crippen LogP contribution is 2.22. The monoisotopic (exact) mass is 309 g/mol. The van der Waals surface area contributed by atoms with Crippen LogP contribution in [0.1, 0.15) is 6.92 Å². The van der Waals surface area contributed by atoms with E-state index in [1.54, 1.807) is 0 Å². The molecule has 0 bridgehead atoms. The molecular formula is C11H13ClFNO4S. The van der Waals surface area contributed by atoms with Gasteiger partial charge in [-0.1, -0.05) is 18.5 Å². The lowest BCUT2D eigenvalue weighted by Gasteiger charge is -2.19. The van der Waals surface area contributed by atoms with Gasteiger partial charge in [0, 0.05) is 18.6 Å². The Bertz CT molecular complexity index is 590. The highest BCUT2D eigenvalue weighted by Gasteiger charge is 2.27. The first-order valence-electron chi connectivity index (χ1n) is 5.30. The van der Waals surface area contributed by atoms with E-state index in [1.165, 1.54) is 20.0 Å². The van der Waals surface area contributed by atoms with Crippen molar-refractivity contribution in [2.75, 3.05) is 13.6 Å². The summed E-state index contributed by atoms with van der Waals surface area (Å²) in [5.41, 5.74) is 0. The van der Waals surface area contributed by atoms with E-state index < -0.39 is 32.6 Å². The number of hydrogen-bond acceptors (Lipinski definition) is 3. The lowest BCUT2D eigenvalue weighted by atomic mass is 10.2. The summed E-state index contributed by atoms with van der Waals surface area (Å²) in [6.45, 7) is 1.12. The van der Waals surface area contributed by atoms with Gasteiger partial charge in [0.2, 0.25) is 10.0 Å². The summed E-state index contributed by atoms with van der Waals surface area (Å²) in [6, 6.07) is 3.20. The van der Waals surface area contributed by atoms with E-state index in [2.05, 4.69) is 0 Å². The first-order valence-corrected chi connectivity index (χ1v) is 7.12. The maximum Gasteiger partial charge on any atom is 0.307 e. The Balaban J connectivity index is 3.06. The summed E-state index contributed by atoms with van der Waals surface area (Å²) in [5, 5.41) is 8.83. The molecule has 0 saturated carbocycles. The van der Waals surface area contributed by atoms with Crippen molar-refractivity contribution in [1.29, 1.82) is 0 Å². The molecule has 0 aliphatic carbocycles. The Morgan fingerprint density at radius 1 is 1.53 bits per heavy atom. The van der Waals surface area contributed by atoms with E-state index in [1.807, 2.05) is 0 Å². The summed E-state index contributed by atoms with van der Waals surface area (Å²) < 4.78 is 38.5. The third kappa shape index (κ3) is 3.65. The van der Waals surface area contributed by atoms with E-state index in [-0.39, 0.29) is 11.6 Å². The summed E-state index contributed by atoms with van der Waals surface area (Å²) in [5.74, 6) is -2.99. The fraction of sp³-hybridized carbons (Fsp3) is 0.364. The Hall–Kier alpha value is -1.18. The molecule has 1 unspecified atom stereocenters. The molecule has 1 aromatic rings. The van der Waals surface area contributed by atoms with Crippen molar-refractivity contribution in [1.82, 2.24) is 4.31 Å². The first-order chi connectivity index (χ1) is 8.66. The lowest BCUT2D eigenvalue weighted by molar-refractivity contribution is -0.141. The number of carboxylic acid groups (broad SMARTS) is 1. The average molecular weight is 310 g/mol. The fourth-order valence-corrected chi connectivity index (χ4v) is 2.87. The molecule has 0 heterocycles. The molecule has 0 aromatic heterocycles. The van der Waals surface area contributed by atoms with Gasteiger partial charge in [-0.2, -0.15) is 4.31 Å². The summed E-state index contributed by atoms with van der Waals surface area (Å²) in [4.78, 5) is 10.2. The van der Waals surface area contributed by atoms with Crippen LogP contribution in [0.25, 0.3) is 0 Å². The molecule has 106 valence electrons. The van der Waals surface area contributed by atoms with Crippen LogP contribution < -0.4 is 0 Å². The molecule has 1 aromatic carbocycles. The number of carbonyl (C=O) groups is 1. The molecule has 0 saturated heterocycles. The van der Waals surface area contributed by atoms with Crippen molar-refractivity contribution in [3.05, 3.63) is 29.0 Å². The minimum Gasteiger partial charge on any atom is -0.481 e. The van der Waals surface area contributed by atoms with Crippen LogP contribution in [0.3, 0.4) is 0 Å². The molecule has 5 nitrogen and oxygen atoms in total. The second kappa shape index (κ2) is 5.85. The third-order valence-corrected chi connectivity index (χ3v) is 4.63. The zero-order valence-corrected chi connectivity index (χ0v) is 11.9. The standard InChI is InChI=1S/C11H13ClFNO4S/c1-7(11(15)16)6-14(2)19(17,18)10-4-3-8(12)5-9(10)13/h3-5,7H,6H2,1-2H3,(H,15,16). The number of rotatable bonds is 5. The molecule has 8 heteroatoms. The number of hydrogen-bond donors (Lipinski definition) is 1. The van der Waals surface area contributed by atoms with E-state index in [0.717, 1.165) is 16.4 Å². The van der Waals surface area contributed by atoms with Crippen molar-refractivity contribution in [3.63, 3.8) is 0 Å². The minimum atomic E-state index is -4.08. The van der Waals surface area contributed by atoms with Crippen LogP contribution in [0.4, 0.5) is 4.39 Å². The van der Waals surface area contributed by atoms with Gasteiger partial charge in [-0.3, -0.25) is 4.79 Å². The van der Waals surface area contributed by atoms with Crippen LogP contribution in [-0.2, 0) is 14.8 Å². The Morgan fingerprint density at radius 2 is 2.11 bits per heavy atom. The van der Waals surface area contributed by atoms with Crippen LogP contribution in [0.15, 0.2) is 23.1 Å². The second-order valence-electron chi connectivity index (χ2n) is 4.10. The van der Waals surface area contributed by atoms with Crippen LogP contribution in [0.5, 0.6) is 0 Å². The number of nitrogens with zero attached hydrogens (tertiary/aromatic N) is 1. The van der Waals surface area contributed by atoms with E-state index >= 15 is 0 Å². The topological polar surface area (TPSA) is 74.7 Å². The van der Waals surface area contributed by atoms with Crippen LogP contribution in [0, 0.1) is 11.7 Å². The number of carboxylic acids is 1. The van der Waals surface area contributed by atoms with Crippen LogP contribution in [0.2, 0.25) is 5.02 Å². The normalized spacial score (nSPS) is 13.5. The molecule has 1 N–H and O–H groups in total. The largest absolute Gasteiger partial charge is 0.481 e. The van der Waals surface area contributed by atoms with Gasteiger partial charge in [0.1, 0.15) is 10.7 Å². The molecule has 0 aliphatic rings. The Labute approximate surface area is 115 Å². The van der Waals surface area contributed by atoms with Crippen molar-refractivity contribution in [2.24, 2.45) is 5.92 Å². The maximum atomic E-state index is 13.6. The summed E-state index contributed by atoms with van der Waals surface area (Å²) in [6.07, 6.45) is 0. The molecule has 19 heavy (non-hydrogen) atoms. The van der Waals surface area contributed by atoms with Gasteiger partial charge in [-0.25, -0.2) is 12.8 Å². The SMILES string of the molecule is CC(CN(C)S(=O)(=O)c1ccc(Cl)cc1F)C(=O)O. The Morgan fingerprint density at radius 3 is 2.58 bits per heavy atom. The van der Waals surface area contributed by atoms with Gasteiger partial charge < -0.3 is 5.11 Å². The van der Waals surface area contributed by atoms with Gasteiger partial charge in [-0.05, 0) is 18.2 Å². The molecule has 0 fully saturated rings. The predicted molar refractivity (Wildman–Crippen MR) is 68.0 cm³/mol. The molecule has 0 spiro atoms. The quantitative estimate of drug-likeness (QED) is 0.900. The van der Waals surface area contributed by atoms with Gasteiger partial charge in [0.25, 0.3) is 0 Å². The average Bonchev–Trinajstić information content (AvgIpc) is 2.27. The van der Waals surface area contributed by atoms with Gasteiger partial charge >= 0.3 is 5.97 Å². The van der Waals surface area contributed by atoms with Gasteiger partial charge in [-0.15, -0.1) is 0 Å². The van der Waals surface area contributed by atoms with E-state index in [0.29, 0.717) is 0 Å². The van der Waals surface area contributed by atoms with Gasteiger partial charge in [0.05, 0.1) is 5.92 Å². The molecule has 0 aliphatic heterocycles. The number of sulfonamides is 1. The minimum absolute atomic E-state index is 0.0815. The molecule has 1 atom stereocenters. The molecule has 1 rings (SSSR count). The number of aliphatic carboxylic acids is 1. The van der Waals surface area contributed by atoms with E-state index in [9.17, 15) is 17.6 Å². The zero-order chi connectivity index (χ0) is 14.8. The zero-order valence-electron chi connectivity index (χ0n) is 10.3. The molecule has 0 amide bonds.